The third-order valence-electron chi connectivity index (χ3n) is 4.57. The molecule has 2 heteroatoms. The van der Waals surface area contributed by atoms with E-state index >= 15 is 0 Å². The molecule has 1 heterocycles. The average Bonchev–Trinajstić information content (AvgIpc) is 2.41. The molecule has 1 aliphatic carbocycles. The molecule has 1 aliphatic rings. The van der Waals surface area contributed by atoms with Gasteiger partial charge >= 0.3 is 0 Å². The molecule has 0 amide bonds. The normalized spacial score (nSPS) is 27.4. The number of nitrogens with one attached hydrogen (secondary N) is 1. The van der Waals surface area contributed by atoms with E-state index in [2.05, 4.69) is 43.3 Å². The lowest BCUT2D eigenvalue weighted by molar-refractivity contribution is 0.241. The van der Waals surface area contributed by atoms with E-state index in [1.807, 2.05) is 6.20 Å². The smallest absolute Gasteiger partial charge is 0.0305 e. The highest BCUT2D eigenvalue weighted by Crippen LogP contribution is 2.40. The van der Waals surface area contributed by atoms with E-state index in [0.717, 1.165) is 18.4 Å². The van der Waals surface area contributed by atoms with Gasteiger partial charge in [0.05, 0.1) is 0 Å². The Morgan fingerprint density at radius 3 is 2.95 bits per heavy atom. The van der Waals surface area contributed by atoms with Gasteiger partial charge in [0.2, 0.25) is 0 Å². The quantitative estimate of drug-likeness (QED) is 0.812. The fourth-order valence-electron chi connectivity index (χ4n) is 3.40. The van der Waals surface area contributed by atoms with Crippen molar-refractivity contribution in [1.29, 1.82) is 0 Å². The number of rotatable bonds is 5. The van der Waals surface area contributed by atoms with Crippen molar-refractivity contribution in [2.24, 2.45) is 11.8 Å². The standard InChI is InChI=1S/C17H28N2/c1-4-8-18-11-15-6-5-13(2)10-16(15)17-12-19-9-7-14(17)3/h7,9,12-13,15-16,18H,4-6,8,10-11H2,1-3H3. The largest absolute Gasteiger partial charge is 0.316 e. The predicted octanol–water partition coefficient (Wildman–Crippen LogP) is 3.91. The van der Waals surface area contributed by atoms with Crippen LogP contribution in [-0.2, 0) is 0 Å². The first kappa shape index (κ1) is 14.5. The van der Waals surface area contributed by atoms with Crippen LogP contribution in [-0.4, -0.2) is 18.1 Å². The summed E-state index contributed by atoms with van der Waals surface area (Å²) in [5.74, 6) is 2.33. The third-order valence-corrected chi connectivity index (χ3v) is 4.57. The Morgan fingerprint density at radius 2 is 2.21 bits per heavy atom. The van der Waals surface area contributed by atoms with Crippen molar-refractivity contribution >= 4 is 0 Å². The summed E-state index contributed by atoms with van der Waals surface area (Å²) in [6.45, 7) is 9.17. The van der Waals surface area contributed by atoms with Gasteiger partial charge in [0.25, 0.3) is 0 Å². The zero-order valence-corrected chi connectivity index (χ0v) is 12.7. The first-order chi connectivity index (χ1) is 9.22. The molecule has 2 rings (SSSR count). The molecular formula is C17H28N2. The number of hydrogen-bond donors (Lipinski definition) is 1. The molecule has 0 saturated heterocycles. The van der Waals surface area contributed by atoms with E-state index in [0.29, 0.717) is 5.92 Å². The summed E-state index contributed by atoms with van der Waals surface area (Å²) in [6, 6.07) is 2.16. The molecule has 1 saturated carbocycles. The summed E-state index contributed by atoms with van der Waals surface area (Å²) in [4.78, 5) is 4.36. The topological polar surface area (TPSA) is 24.9 Å². The lowest BCUT2D eigenvalue weighted by atomic mass is 9.71. The first-order valence-corrected chi connectivity index (χ1v) is 7.83. The van der Waals surface area contributed by atoms with Gasteiger partial charge in [-0.25, -0.2) is 0 Å². The van der Waals surface area contributed by atoms with Crippen molar-refractivity contribution in [2.75, 3.05) is 13.1 Å². The molecule has 0 bridgehead atoms. The first-order valence-electron chi connectivity index (χ1n) is 7.83. The van der Waals surface area contributed by atoms with Crippen molar-refractivity contribution in [2.45, 2.75) is 52.4 Å². The maximum atomic E-state index is 4.36. The van der Waals surface area contributed by atoms with Crippen LogP contribution in [0.25, 0.3) is 0 Å². The predicted molar refractivity (Wildman–Crippen MR) is 81.4 cm³/mol. The van der Waals surface area contributed by atoms with Crippen molar-refractivity contribution in [1.82, 2.24) is 10.3 Å². The molecular weight excluding hydrogens is 232 g/mol. The molecule has 0 aromatic carbocycles. The summed E-state index contributed by atoms with van der Waals surface area (Å²) in [6.07, 6.45) is 9.30. The van der Waals surface area contributed by atoms with Crippen LogP contribution in [0, 0.1) is 18.8 Å². The zero-order valence-electron chi connectivity index (χ0n) is 12.7. The Balaban J connectivity index is 2.10. The minimum Gasteiger partial charge on any atom is -0.316 e. The van der Waals surface area contributed by atoms with Crippen molar-refractivity contribution < 1.29 is 0 Å². The van der Waals surface area contributed by atoms with Crippen molar-refractivity contribution in [3.63, 3.8) is 0 Å². The van der Waals surface area contributed by atoms with Crippen LogP contribution in [0.1, 0.15) is 56.6 Å². The molecule has 1 aromatic heterocycles. The third kappa shape index (κ3) is 3.79. The van der Waals surface area contributed by atoms with Crippen molar-refractivity contribution in [3.05, 3.63) is 29.6 Å². The van der Waals surface area contributed by atoms with Gasteiger partial charge in [-0.1, -0.05) is 20.3 Å². The maximum Gasteiger partial charge on any atom is 0.0305 e. The molecule has 2 nitrogen and oxygen atoms in total. The van der Waals surface area contributed by atoms with E-state index in [1.165, 1.54) is 43.4 Å². The Kier molecular flexibility index (Phi) is 5.38. The molecule has 0 radical (unpaired) electrons. The van der Waals surface area contributed by atoms with Gasteiger partial charge in [-0.15, -0.1) is 0 Å². The average molecular weight is 260 g/mol. The minimum absolute atomic E-state index is 0.696. The monoisotopic (exact) mass is 260 g/mol. The Hall–Kier alpha value is -0.890. The second-order valence-electron chi connectivity index (χ2n) is 6.22. The van der Waals surface area contributed by atoms with Crippen LogP contribution in [0.4, 0.5) is 0 Å². The summed E-state index contributed by atoms with van der Waals surface area (Å²) >= 11 is 0. The van der Waals surface area contributed by atoms with Gasteiger partial charge in [-0.05, 0) is 74.2 Å². The SMILES string of the molecule is CCCNCC1CCC(C)CC1c1cnccc1C. The Morgan fingerprint density at radius 1 is 1.37 bits per heavy atom. The van der Waals surface area contributed by atoms with Gasteiger partial charge in [0.1, 0.15) is 0 Å². The van der Waals surface area contributed by atoms with E-state index in [9.17, 15) is 0 Å². The fraction of sp³-hybridized carbons (Fsp3) is 0.706. The molecule has 19 heavy (non-hydrogen) atoms. The minimum atomic E-state index is 0.696. The molecule has 0 aliphatic heterocycles. The van der Waals surface area contributed by atoms with Gasteiger partial charge < -0.3 is 5.32 Å². The van der Waals surface area contributed by atoms with Gasteiger partial charge in [0.15, 0.2) is 0 Å². The van der Waals surface area contributed by atoms with Crippen LogP contribution < -0.4 is 5.32 Å². The number of aryl methyl sites for hydroxylation is 1. The molecule has 0 spiro atoms. The number of aromatic nitrogens is 1. The Labute approximate surface area is 118 Å². The molecule has 1 N–H and O–H groups in total. The van der Waals surface area contributed by atoms with E-state index in [-0.39, 0.29) is 0 Å². The lowest BCUT2D eigenvalue weighted by Gasteiger charge is -2.36. The summed E-state index contributed by atoms with van der Waals surface area (Å²) in [5, 5.41) is 3.62. The summed E-state index contributed by atoms with van der Waals surface area (Å²) in [7, 11) is 0. The maximum absolute atomic E-state index is 4.36. The molecule has 1 aromatic rings. The Bertz CT molecular complexity index is 389. The summed E-state index contributed by atoms with van der Waals surface area (Å²) in [5.41, 5.74) is 2.90. The van der Waals surface area contributed by atoms with E-state index in [4.69, 9.17) is 0 Å². The lowest BCUT2D eigenvalue weighted by Crippen LogP contribution is -2.32. The van der Waals surface area contributed by atoms with Crippen LogP contribution in [0.2, 0.25) is 0 Å². The van der Waals surface area contributed by atoms with Crippen molar-refractivity contribution in [3.8, 4) is 0 Å². The highest BCUT2D eigenvalue weighted by atomic mass is 14.9. The molecule has 3 unspecified atom stereocenters. The highest BCUT2D eigenvalue weighted by Gasteiger charge is 2.30. The highest BCUT2D eigenvalue weighted by molar-refractivity contribution is 5.27. The van der Waals surface area contributed by atoms with Crippen LogP contribution >= 0.6 is 0 Å². The molecule has 1 fully saturated rings. The van der Waals surface area contributed by atoms with Crippen LogP contribution in [0.15, 0.2) is 18.5 Å². The zero-order chi connectivity index (χ0) is 13.7. The number of nitrogens with zero attached hydrogens (tertiary/aromatic N) is 1. The number of pyridine rings is 1. The fourth-order valence-corrected chi connectivity index (χ4v) is 3.40. The van der Waals surface area contributed by atoms with Gasteiger partial charge in [-0.2, -0.15) is 0 Å². The second-order valence-corrected chi connectivity index (χ2v) is 6.22. The van der Waals surface area contributed by atoms with Crippen LogP contribution in [0.5, 0.6) is 0 Å². The number of hydrogen-bond acceptors (Lipinski definition) is 2. The molecule has 106 valence electrons. The molecule has 3 atom stereocenters. The van der Waals surface area contributed by atoms with E-state index < -0.39 is 0 Å². The second kappa shape index (κ2) is 7.04. The van der Waals surface area contributed by atoms with Crippen LogP contribution in [0.3, 0.4) is 0 Å². The summed E-state index contributed by atoms with van der Waals surface area (Å²) < 4.78 is 0. The van der Waals surface area contributed by atoms with E-state index in [1.54, 1.807) is 0 Å². The van der Waals surface area contributed by atoms with Gasteiger partial charge in [0, 0.05) is 12.4 Å². The van der Waals surface area contributed by atoms with Gasteiger partial charge in [-0.3, -0.25) is 4.98 Å².